The van der Waals surface area contributed by atoms with Crippen LogP contribution in [0.25, 0.3) is 5.69 Å². The summed E-state index contributed by atoms with van der Waals surface area (Å²) in [6.45, 7) is 2.05. The van der Waals surface area contributed by atoms with Gasteiger partial charge in [0.1, 0.15) is 10.7 Å². The highest BCUT2D eigenvalue weighted by molar-refractivity contribution is 7.73. The number of para-hydroxylation sites is 1. The summed E-state index contributed by atoms with van der Waals surface area (Å²) >= 11 is 6.51. The van der Waals surface area contributed by atoms with E-state index in [2.05, 4.69) is 5.32 Å². The molecule has 1 heterocycles. The highest BCUT2D eigenvalue weighted by Crippen LogP contribution is 2.27. The lowest BCUT2D eigenvalue weighted by Gasteiger charge is -2.07. The average Bonchev–Trinajstić information content (AvgIpc) is 2.97. The number of carbonyl (C=O) groups is 2. The molecule has 8 heteroatoms. The normalized spacial score (nSPS) is 10.4. The van der Waals surface area contributed by atoms with Crippen LogP contribution in [0.15, 0.2) is 54.6 Å². The Balaban J connectivity index is 1.81. The molecular weight excluding hydrogens is 382 g/mol. The van der Waals surface area contributed by atoms with Gasteiger partial charge >= 0.3 is 5.97 Å². The Bertz CT molecular complexity index is 1020. The van der Waals surface area contributed by atoms with Crippen LogP contribution >= 0.6 is 23.6 Å². The summed E-state index contributed by atoms with van der Waals surface area (Å²) < 4.78 is 7.09. The van der Waals surface area contributed by atoms with Gasteiger partial charge in [-0.15, -0.1) is 0 Å². The molecule has 0 bridgehead atoms. The van der Waals surface area contributed by atoms with Crippen molar-refractivity contribution >= 4 is 46.9 Å². The molecule has 0 saturated carbocycles. The van der Waals surface area contributed by atoms with Crippen LogP contribution in [-0.2, 0) is 4.74 Å². The van der Waals surface area contributed by atoms with Gasteiger partial charge in [-0.1, -0.05) is 29.5 Å². The second-order valence-electron chi connectivity index (χ2n) is 5.51. The van der Waals surface area contributed by atoms with Crippen molar-refractivity contribution in [1.29, 1.82) is 0 Å². The third kappa shape index (κ3) is 4.07. The molecule has 27 heavy (non-hydrogen) atoms. The van der Waals surface area contributed by atoms with E-state index in [0.717, 1.165) is 17.0 Å². The Morgan fingerprint density at radius 3 is 2.44 bits per heavy atom. The number of nitrogens with one attached hydrogen (secondary N) is 1. The maximum atomic E-state index is 12.6. The fourth-order valence-corrected chi connectivity index (χ4v) is 3.72. The number of thiazole rings is 1. The van der Waals surface area contributed by atoms with Crippen molar-refractivity contribution in [3.05, 3.63) is 69.0 Å². The molecule has 1 amide bonds. The molecular formula is C19H17N3O3S2. The lowest BCUT2D eigenvalue weighted by atomic mass is 10.2. The third-order valence-corrected chi connectivity index (χ3v) is 5.11. The zero-order valence-electron chi connectivity index (χ0n) is 14.5. The molecule has 0 aliphatic rings. The zero-order chi connectivity index (χ0) is 19.4. The Morgan fingerprint density at radius 2 is 1.81 bits per heavy atom. The predicted molar refractivity (Wildman–Crippen MR) is 109 cm³/mol. The molecule has 6 nitrogen and oxygen atoms in total. The number of rotatable bonds is 5. The lowest BCUT2D eigenvalue weighted by Crippen LogP contribution is -2.13. The molecule has 0 aliphatic heterocycles. The first-order valence-corrected chi connectivity index (χ1v) is 9.39. The molecule has 0 unspecified atom stereocenters. The van der Waals surface area contributed by atoms with Crippen molar-refractivity contribution in [1.82, 2.24) is 4.57 Å². The number of carbonyl (C=O) groups excluding carboxylic acids is 2. The smallest absolute Gasteiger partial charge is 0.338 e. The lowest BCUT2D eigenvalue weighted by molar-refractivity contribution is 0.0526. The molecule has 3 aromatic rings. The number of ether oxygens (including phenoxy) is 1. The second kappa shape index (κ2) is 8.15. The van der Waals surface area contributed by atoms with Gasteiger partial charge in [-0.25, -0.2) is 4.79 Å². The standard InChI is InChI=1S/C19H17N3O3S2/c1-2-25-18(24)12-8-10-13(11-9-12)21-17(23)15-16(20)22(19(26)27-15)14-6-4-3-5-7-14/h3-11H,2,20H2,1H3,(H,21,23). The van der Waals surface area contributed by atoms with Gasteiger partial charge in [0.15, 0.2) is 3.95 Å². The van der Waals surface area contributed by atoms with E-state index in [9.17, 15) is 9.59 Å². The zero-order valence-corrected chi connectivity index (χ0v) is 16.1. The molecule has 0 radical (unpaired) electrons. The first-order valence-electron chi connectivity index (χ1n) is 8.16. The van der Waals surface area contributed by atoms with Gasteiger partial charge in [0, 0.05) is 11.4 Å². The minimum Gasteiger partial charge on any atom is -0.462 e. The Hall–Kier alpha value is -2.97. The molecule has 2 aromatic carbocycles. The number of hydrogen-bond donors (Lipinski definition) is 2. The summed E-state index contributed by atoms with van der Waals surface area (Å²) in [4.78, 5) is 24.6. The molecule has 3 N–H and O–H groups in total. The van der Waals surface area contributed by atoms with Crippen LogP contribution in [0.5, 0.6) is 0 Å². The van der Waals surface area contributed by atoms with Gasteiger partial charge in [0.25, 0.3) is 5.91 Å². The van der Waals surface area contributed by atoms with E-state index >= 15 is 0 Å². The van der Waals surface area contributed by atoms with Gasteiger partial charge in [0.2, 0.25) is 0 Å². The number of anilines is 2. The van der Waals surface area contributed by atoms with E-state index in [1.165, 1.54) is 0 Å². The minimum atomic E-state index is -0.405. The summed E-state index contributed by atoms with van der Waals surface area (Å²) in [5.41, 5.74) is 7.93. The van der Waals surface area contributed by atoms with Crippen LogP contribution in [0.2, 0.25) is 0 Å². The highest BCUT2D eigenvalue weighted by Gasteiger charge is 2.18. The summed E-state index contributed by atoms with van der Waals surface area (Å²) in [5.74, 6) is -0.475. The first kappa shape index (κ1) is 18.8. The van der Waals surface area contributed by atoms with Crippen molar-refractivity contribution in [2.45, 2.75) is 6.92 Å². The van der Waals surface area contributed by atoms with Crippen molar-refractivity contribution in [2.75, 3.05) is 17.7 Å². The largest absolute Gasteiger partial charge is 0.462 e. The Labute approximate surface area is 165 Å². The first-order chi connectivity index (χ1) is 13.0. The maximum absolute atomic E-state index is 12.6. The molecule has 138 valence electrons. The summed E-state index contributed by atoms with van der Waals surface area (Å²) in [7, 11) is 0. The van der Waals surface area contributed by atoms with Crippen LogP contribution in [0.3, 0.4) is 0 Å². The molecule has 0 atom stereocenters. The minimum absolute atomic E-state index is 0.289. The maximum Gasteiger partial charge on any atom is 0.338 e. The van der Waals surface area contributed by atoms with Crippen LogP contribution in [-0.4, -0.2) is 23.1 Å². The number of aromatic nitrogens is 1. The van der Waals surface area contributed by atoms with Crippen molar-refractivity contribution in [2.24, 2.45) is 0 Å². The van der Waals surface area contributed by atoms with Gasteiger partial charge in [0.05, 0.1) is 12.2 Å². The number of nitrogen functional groups attached to an aromatic ring is 1. The van der Waals surface area contributed by atoms with Crippen LogP contribution in [0, 0.1) is 3.95 Å². The highest BCUT2D eigenvalue weighted by atomic mass is 32.1. The Morgan fingerprint density at radius 1 is 1.15 bits per heavy atom. The van der Waals surface area contributed by atoms with E-state index in [1.54, 1.807) is 35.8 Å². The molecule has 1 aromatic heterocycles. The topological polar surface area (TPSA) is 86.3 Å². The van der Waals surface area contributed by atoms with Crippen LogP contribution < -0.4 is 11.1 Å². The van der Waals surface area contributed by atoms with Crippen molar-refractivity contribution in [3.63, 3.8) is 0 Å². The van der Waals surface area contributed by atoms with E-state index in [4.69, 9.17) is 22.7 Å². The number of esters is 1. The molecule has 0 spiro atoms. The average molecular weight is 399 g/mol. The quantitative estimate of drug-likeness (QED) is 0.494. The van der Waals surface area contributed by atoms with Crippen LogP contribution in [0.4, 0.5) is 11.5 Å². The summed E-state index contributed by atoms with van der Waals surface area (Å²) in [6.07, 6.45) is 0. The predicted octanol–water partition coefficient (Wildman–Crippen LogP) is 4.28. The number of benzene rings is 2. The number of nitrogens with two attached hydrogens (primary N) is 1. The van der Waals surface area contributed by atoms with Crippen molar-refractivity contribution < 1.29 is 14.3 Å². The Kier molecular flexibility index (Phi) is 5.68. The summed E-state index contributed by atoms with van der Waals surface area (Å²) in [5, 5.41) is 2.77. The number of amides is 1. The molecule has 0 fully saturated rings. The monoisotopic (exact) mass is 399 g/mol. The fourth-order valence-electron chi connectivity index (χ4n) is 2.46. The van der Waals surface area contributed by atoms with Gasteiger partial charge in [-0.05, 0) is 55.5 Å². The van der Waals surface area contributed by atoms with Gasteiger partial charge in [-0.2, -0.15) is 0 Å². The SMILES string of the molecule is CCOC(=O)c1ccc(NC(=O)c2sc(=S)n(-c3ccccc3)c2N)cc1. The second-order valence-corrected chi connectivity index (χ2v) is 7.15. The van der Waals surface area contributed by atoms with E-state index in [-0.39, 0.29) is 11.7 Å². The van der Waals surface area contributed by atoms with Crippen molar-refractivity contribution in [3.8, 4) is 5.69 Å². The molecule has 0 saturated heterocycles. The molecule has 0 aliphatic carbocycles. The van der Waals surface area contributed by atoms with Gasteiger partial charge < -0.3 is 15.8 Å². The van der Waals surface area contributed by atoms with E-state index in [1.807, 2.05) is 30.3 Å². The number of nitrogens with zero attached hydrogens (tertiary/aromatic N) is 1. The number of hydrogen-bond acceptors (Lipinski definition) is 6. The molecule has 3 rings (SSSR count). The fraction of sp³-hybridized carbons (Fsp3) is 0.105. The van der Waals surface area contributed by atoms with Gasteiger partial charge in [-0.3, -0.25) is 9.36 Å². The van der Waals surface area contributed by atoms with E-state index in [0.29, 0.717) is 26.7 Å². The third-order valence-electron chi connectivity index (χ3n) is 3.72. The summed E-state index contributed by atoms with van der Waals surface area (Å²) in [6, 6.07) is 15.8. The van der Waals surface area contributed by atoms with E-state index < -0.39 is 5.97 Å². The van der Waals surface area contributed by atoms with Crippen LogP contribution in [0.1, 0.15) is 27.0 Å².